The lowest BCUT2D eigenvalue weighted by Gasteiger charge is -2.18. The lowest BCUT2D eigenvalue weighted by atomic mass is 10.1. The number of ether oxygens (including phenoxy) is 1. The number of cyclic esters (lactones) is 1. The van der Waals surface area contributed by atoms with Crippen molar-refractivity contribution in [1.82, 2.24) is 5.32 Å². The minimum atomic E-state index is -1.73. The fourth-order valence-corrected chi connectivity index (χ4v) is 3.23. The molecular formula is C21H37NO6. The summed E-state index contributed by atoms with van der Waals surface area (Å²) in [5.74, 6) is -1.84. The standard InChI is InChI=1S/C21H37NO6/c1-2-3-4-5-6-7-8-9-10-11-12-13-14-15-22-20(26)18(25)19-16(23)17(24)21(27)28-19/h14-19,23-25H,2-13H2,1H3,(H,22,26)/t16-,17+,18-,19+/m1/s1. The van der Waals surface area contributed by atoms with Crippen LogP contribution in [0, 0.1) is 0 Å². The van der Waals surface area contributed by atoms with Crippen molar-refractivity contribution in [3.8, 4) is 0 Å². The van der Waals surface area contributed by atoms with Crippen LogP contribution in [0.4, 0.5) is 0 Å². The maximum atomic E-state index is 11.8. The molecule has 0 spiro atoms. The molecule has 4 atom stereocenters. The Morgan fingerprint density at radius 3 is 2.07 bits per heavy atom. The average Bonchev–Trinajstić information content (AvgIpc) is 2.94. The molecule has 1 heterocycles. The molecule has 0 bridgehead atoms. The number of esters is 1. The van der Waals surface area contributed by atoms with Gasteiger partial charge in [-0.05, 0) is 19.0 Å². The zero-order valence-corrected chi connectivity index (χ0v) is 17.0. The molecule has 1 fully saturated rings. The van der Waals surface area contributed by atoms with Gasteiger partial charge in [0, 0.05) is 0 Å². The Balaban J connectivity index is 2.00. The van der Waals surface area contributed by atoms with E-state index in [1.807, 2.05) is 6.08 Å². The quantitative estimate of drug-likeness (QED) is 0.248. The molecule has 28 heavy (non-hydrogen) atoms. The molecule has 1 aliphatic heterocycles. The summed E-state index contributed by atoms with van der Waals surface area (Å²) in [5, 5.41) is 31.1. The highest BCUT2D eigenvalue weighted by atomic mass is 16.6. The van der Waals surface area contributed by atoms with E-state index in [9.17, 15) is 24.9 Å². The number of aliphatic hydroxyl groups is 3. The van der Waals surface area contributed by atoms with E-state index in [-0.39, 0.29) is 0 Å². The van der Waals surface area contributed by atoms with Gasteiger partial charge in [-0.2, -0.15) is 0 Å². The Labute approximate surface area is 168 Å². The predicted molar refractivity (Wildman–Crippen MR) is 106 cm³/mol. The smallest absolute Gasteiger partial charge is 0.338 e. The Kier molecular flexibility index (Phi) is 12.8. The first kappa shape index (κ1) is 24.6. The highest BCUT2D eigenvalue weighted by molar-refractivity contribution is 5.84. The van der Waals surface area contributed by atoms with Crippen LogP contribution in [-0.4, -0.2) is 51.6 Å². The molecule has 0 aromatic carbocycles. The van der Waals surface area contributed by atoms with Gasteiger partial charge in [-0.3, -0.25) is 4.79 Å². The van der Waals surface area contributed by atoms with E-state index < -0.39 is 36.3 Å². The summed E-state index contributed by atoms with van der Waals surface area (Å²) < 4.78 is 4.62. The van der Waals surface area contributed by atoms with Gasteiger partial charge in [0.15, 0.2) is 18.3 Å². The molecule has 7 heteroatoms. The Hall–Kier alpha value is -1.44. The molecule has 0 aliphatic carbocycles. The van der Waals surface area contributed by atoms with E-state index >= 15 is 0 Å². The second kappa shape index (κ2) is 14.5. The van der Waals surface area contributed by atoms with Crippen LogP contribution in [0.2, 0.25) is 0 Å². The summed E-state index contributed by atoms with van der Waals surface area (Å²) in [6.07, 6.45) is 11.6. The van der Waals surface area contributed by atoms with Crippen molar-refractivity contribution >= 4 is 11.9 Å². The van der Waals surface area contributed by atoms with Crippen LogP contribution >= 0.6 is 0 Å². The number of carbonyl (C=O) groups is 2. The zero-order valence-electron chi connectivity index (χ0n) is 17.0. The molecule has 0 aromatic rings. The minimum absolute atomic E-state index is 0.791. The van der Waals surface area contributed by atoms with Gasteiger partial charge in [-0.1, -0.05) is 77.2 Å². The second-order valence-electron chi connectivity index (χ2n) is 7.52. The number of unbranched alkanes of at least 4 members (excludes halogenated alkanes) is 11. The number of amides is 1. The van der Waals surface area contributed by atoms with Crippen molar-refractivity contribution in [1.29, 1.82) is 0 Å². The van der Waals surface area contributed by atoms with Gasteiger partial charge in [-0.15, -0.1) is 0 Å². The summed E-state index contributed by atoms with van der Waals surface area (Å²) in [6, 6.07) is 0. The summed E-state index contributed by atoms with van der Waals surface area (Å²) >= 11 is 0. The molecule has 0 aromatic heterocycles. The first-order chi connectivity index (χ1) is 13.5. The second-order valence-corrected chi connectivity index (χ2v) is 7.52. The number of allylic oxidation sites excluding steroid dienone is 1. The number of aliphatic hydroxyl groups excluding tert-OH is 3. The van der Waals surface area contributed by atoms with Crippen LogP contribution in [0.25, 0.3) is 0 Å². The SMILES string of the molecule is CCCCCCCCCCCCCC=CNC(=O)[C@H](O)[C@H]1OC(=O)[C@@H](O)[C@H]1O. The average molecular weight is 400 g/mol. The maximum absolute atomic E-state index is 11.8. The lowest BCUT2D eigenvalue weighted by Crippen LogP contribution is -2.46. The fraction of sp³-hybridized carbons (Fsp3) is 0.810. The fourth-order valence-electron chi connectivity index (χ4n) is 3.23. The predicted octanol–water partition coefficient (Wildman–Crippen LogP) is 2.33. The third kappa shape index (κ3) is 9.17. The molecule has 1 amide bonds. The third-order valence-electron chi connectivity index (χ3n) is 5.05. The largest absolute Gasteiger partial charge is 0.454 e. The van der Waals surface area contributed by atoms with Gasteiger partial charge in [0.25, 0.3) is 5.91 Å². The van der Waals surface area contributed by atoms with Crippen LogP contribution in [0.5, 0.6) is 0 Å². The first-order valence-corrected chi connectivity index (χ1v) is 10.7. The van der Waals surface area contributed by atoms with E-state index in [1.165, 1.54) is 64.0 Å². The molecular weight excluding hydrogens is 362 g/mol. The van der Waals surface area contributed by atoms with Crippen molar-refractivity contribution in [3.05, 3.63) is 12.3 Å². The Morgan fingerprint density at radius 2 is 1.57 bits per heavy atom. The number of hydrogen-bond donors (Lipinski definition) is 4. The monoisotopic (exact) mass is 399 g/mol. The first-order valence-electron chi connectivity index (χ1n) is 10.7. The topological polar surface area (TPSA) is 116 Å². The minimum Gasteiger partial charge on any atom is -0.454 e. The number of nitrogens with one attached hydrogen (secondary N) is 1. The third-order valence-corrected chi connectivity index (χ3v) is 5.05. The van der Waals surface area contributed by atoms with Crippen molar-refractivity contribution in [2.24, 2.45) is 0 Å². The lowest BCUT2D eigenvalue weighted by molar-refractivity contribution is -0.153. The van der Waals surface area contributed by atoms with Crippen LogP contribution in [0.15, 0.2) is 12.3 Å². The highest BCUT2D eigenvalue weighted by Gasteiger charge is 2.48. The Bertz CT molecular complexity index is 482. The van der Waals surface area contributed by atoms with Crippen LogP contribution in [-0.2, 0) is 14.3 Å². The van der Waals surface area contributed by atoms with Gasteiger partial charge in [0.2, 0.25) is 0 Å². The van der Waals surface area contributed by atoms with Crippen molar-refractivity contribution in [2.45, 2.75) is 108 Å². The van der Waals surface area contributed by atoms with Gasteiger partial charge in [0.1, 0.15) is 6.10 Å². The van der Waals surface area contributed by atoms with Gasteiger partial charge >= 0.3 is 5.97 Å². The number of rotatable bonds is 15. The maximum Gasteiger partial charge on any atom is 0.338 e. The molecule has 4 N–H and O–H groups in total. The molecule has 7 nitrogen and oxygen atoms in total. The van der Waals surface area contributed by atoms with E-state index in [1.54, 1.807) is 0 Å². The van der Waals surface area contributed by atoms with Gasteiger partial charge in [-0.25, -0.2) is 4.79 Å². The summed E-state index contributed by atoms with van der Waals surface area (Å²) in [7, 11) is 0. The zero-order chi connectivity index (χ0) is 20.8. The van der Waals surface area contributed by atoms with Gasteiger partial charge in [0.05, 0.1) is 0 Å². The van der Waals surface area contributed by atoms with Crippen LogP contribution < -0.4 is 5.32 Å². The molecule has 1 saturated heterocycles. The highest BCUT2D eigenvalue weighted by Crippen LogP contribution is 2.19. The van der Waals surface area contributed by atoms with Crippen molar-refractivity contribution in [3.63, 3.8) is 0 Å². The van der Waals surface area contributed by atoms with Crippen molar-refractivity contribution in [2.75, 3.05) is 0 Å². The van der Waals surface area contributed by atoms with E-state index in [4.69, 9.17) is 0 Å². The molecule has 1 aliphatic rings. The molecule has 0 saturated carbocycles. The summed E-state index contributed by atoms with van der Waals surface area (Å²) in [4.78, 5) is 22.9. The van der Waals surface area contributed by atoms with Crippen LogP contribution in [0.1, 0.15) is 84.0 Å². The van der Waals surface area contributed by atoms with E-state index in [0.717, 1.165) is 19.3 Å². The molecule has 1 rings (SSSR count). The summed E-state index contributed by atoms with van der Waals surface area (Å²) in [5.41, 5.74) is 0. The number of hydrogen-bond acceptors (Lipinski definition) is 6. The number of carbonyl (C=O) groups excluding carboxylic acids is 2. The normalized spacial score (nSPS) is 23.1. The molecule has 162 valence electrons. The van der Waals surface area contributed by atoms with Crippen LogP contribution in [0.3, 0.4) is 0 Å². The van der Waals surface area contributed by atoms with Crippen molar-refractivity contribution < 1.29 is 29.6 Å². The van der Waals surface area contributed by atoms with E-state index in [2.05, 4.69) is 17.0 Å². The van der Waals surface area contributed by atoms with E-state index in [0.29, 0.717) is 0 Å². The summed E-state index contributed by atoms with van der Waals surface area (Å²) in [6.45, 7) is 2.23. The van der Waals surface area contributed by atoms with Gasteiger partial charge < -0.3 is 25.4 Å². The molecule has 0 unspecified atom stereocenters. The Morgan fingerprint density at radius 1 is 1.04 bits per heavy atom. The molecule has 0 radical (unpaired) electrons.